The fourth-order valence-corrected chi connectivity index (χ4v) is 4.58. The van der Waals surface area contributed by atoms with Gasteiger partial charge in [0.2, 0.25) is 5.95 Å². The number of anilines is 1. The van der Waals surface area contributed by atoms with E-state index in [9.17, 15) is 0 Å². The Kier molecular flexibility index (Phi) is 5.91. The monoisotopic (exact) mass is 440 g/mol. The predicted molar refractivity (Wildman–Crippen MR) is 121 cm³/mol. The quantitative estimate of drug-likeness (QED) is 0.494. The molecule has 3 aromatic rings. The molecule has 164 valence electrons. The van der Waals surface area contributed by atoms with E-state index in [4.69, 9.17) is 16.6 Å². The molecule has 0 radical (unpaired) electrons. The van der Waals surface area contributed by atoms with Gasteiger partial charge in [0.15, 0.2) is 0 Å². The maximum absolute atomic E-state index is 6.50. The number of nitrogens with one attached hydrogen (secondary N) is 3. The van der Waals surface area contributed by atoms with Crippen LogP contribution >= 0.6 is 11.6 Å². The Morgan fingerprint density at radius 3 is 2.65 bits per heavy atom. The van der Waals surface area contributed by atoms with E-state index in [1.165, 1.54) is 24.1 Å². The zero-order valence-corrected chi connectivity index (χ0v) is 18.6. The Hall–Kier alpha value is -2.45. The summed E-state index contributed by atoms with van der Waals surface area (Å²) in [7, 11) is 1.99. The van der Waals surface area contributed by atoms with Crippen LogP contribution in [0.5, 0.6) is 0 Å². The highest BCUT2D eigenvalue weighted by Crippen LogP contribution is 2.37. The van der Waals surface area contributed by atoms with Crippen molar-refractivity contribution in [3.8, 4) is 11.3 Å². The fourth-order valence-electron chi connectivity index (χ4n) is 4.38. The highest BCUT2D eigenvalue weighted by Gasteiger charge is 2.26. The first-order valence-electron chi connectivity index (χ1n) is 11.2. The molecule has 2 saturated carbocycles. The van der Waals surface area contributed by atoms with Crippen molar-refractivity contribution in [3.63, 3.8) is 0 Å². The Labute approximate surface area is 187 Å². The minimum absolute atomic E-state index is 0.376. The van der Waals surface area contributed by atoms with Gasteiger partial charge in [-0.2, -0.15) is 10.2 Å². The van der Waals surface area contributed by atoms with Crippen LogP contribution in [0.25, 0.3) is 11.3 Å². The van der Waals surface area contributed by atoms with E-state index in [0.717, 1.165) is 55.8 Å². The number of H-pyrrole nitrogens is 1. The Morgan fingerprint density at radius 2 is 1.90 bits per heavy atom. The summed E-state index contributed by atoms with van der Waals surface area (Å²) in [6.45, 7) is 0.858. The smallest absolute Gasteiger partial charge is 0.223 e. The molecule has 31 heavy (non-hydrogen) atoms. The first-order valence-corrected chi connectivity index (χ1v) is 11.5. The lowest BCUT2D eigenvalue weighted by Crippen LogP contribution is -2.36. The number of hydrogen-bond donors (Lipinski definition) is 3. The van der Waals surface area contributed by atoms with Crippen molar-refractivity contribution in [2.75, 3.05) is 5.32 Å². The van der Waals surface area contributed by atoms with Crippen molar-refractivity contribution in [2.24, 2.45) is 13.0 Å². The van der Waals surface area contributed by atoms with Gasteiger partial charge in [-0.1, -0.05) is 11.6 Å². The van der Waals surface area contributed by atoms with E-state index in [0.29, 0.717) is 23.1 Å². The van der Waals surface area contributed by atoms with Crippen LogP contribution in [0, 0.1) is 5.92 Å². The SMILES string of the molecule is Cn1ncc(-c2nc(NC3CCC(NCc4cn[nH]c4)CC3)ncc2Cl)c1CC1CC1. The number of aromatic amines is 1. The summed E-state index contributed by atoms with van der Waals surface area (Å²) in [6.07, 6.45) is 15.5. The molecule has 0 aliphatic heterocycles. The maximum Gasteiger partial charge on any atom is 0.223 e. The van der Waals surface area contributed by atoms with E-state index in [2.05, 4.69) is 30.9 Å². The Bertz CT molecular complexity index is 1000. The van der Waals surface area contributed by atoms with E-state index >= 15 is 0 Å². The van der Waals surface area contributed by atoms with Crippen LogP contribution in [0.3, 0.4) is 0 Å². The number of aryl methyl sites for hydroxylation is 1. The van der Waals surface area contributed by atoms with Gasteiger partial charge in [0.1, 0.15) is 0 Å². The molecule has 0 aromatic carbocycles. The van der Waals surface area contributed by atoms with Crippen molar-refractivity contribution < 1.29 is 0 Å². The standard InChI is InChI=1S/C22H29ClN8/c1-31-20(8-14-2-3-14)18(12-28-31)21-19(23)13-25-22(30-21)29-17-6-4-16(5-7-17)24-9-15-10-26-27-11-15/h10-14,16-17,24H,2-9H2,1H3,(H,26,27)(H,25,29,30). The molecule has 2 aliphatic rings. The Balaban J connectivity index is 1.21. The minimum atomic E-state index is 0.376. The van der Waals surface area contributed by atoms with E-state index in [1.807, 2.05) is 30.3 Å². The molecule has 0 amide bonds. The zero-order valence-electron chi connectivity index (χ0n) is 17.8. The maximum atomic E-state index is 6.50. The molecule has 5 rings (SSSR count). The van der Waals surface area contributed by atoms with Crippen LogP contribution in [0.15, 0.2) is 24.8 Å². The second-order valence-electron chi connectivity index (χ2n) is 8.85. The van der Waals surface area contributed by atoms with Crippen molar-refractivity contribution in [1.29, 1.82) is 0 Å². The third-order valence-electron chi connectivity index (χ3n) is 6.45. The molecular formula is C22H29ClN8. The zero-order chi connectivity index (χ0) is 21.2. The van der Waals surface area contributed by atoms with Crippen LogP contribution < -0.4 is 10.6 Å². The first-order chi connectivity index (χ1) is 15.2. The highest BCUT2D eigenvalue weighted by atomic mass is 35.5. The van der Waals surface area contributed by atoms with Crippen LogP contribution in [-0.4, -0.2) is 42.0 Å². The second kappa shape index (κ2) is 8.96. The summed E-state index contributed by atoms with van der Waals surface area (Å²) >= 11 is 6.50. The fraction of sp³-hybridized carbons (Fsp3) is 0.545. The third kappa shape index (κ3) is 4.91. The van der Waals surface area contributed by atoms with Gasteiger partial charge in [-0.15, -0.1) is 0 Å². The lowest BCUT2D eigenvalue weighted by atomic mass is 9.91. The largest absolute Gasteiger partial charge is 0.351 e. The second-order valence-corrected chi connectivity index (χ2v) is 9.25. The highest BCUT2D eigenvalue weighted by molar-refractivity contribution is 6.32. The average molecular weight is 441 g/mol. The lowest BCUT2D eigenvalue weighted by Gasteiger charge is -2.29. The molecule has 2 aliphatic carbocycles. The van der Waals surface area contributed by atoms with Gasteiger partial charge in [-0.05, 0) is 50.9 Å². The van der Waals surface area contributed by atoms with E-state index in [-0.39, 0.29) is 0 Å². The van der Waals surface area contributed by atoms with Gasteiger partial charge < -0.3 is 10.6 Å². The summed E-state index contributed by atoms with van der Waals surface area (Å²) in [4.78, 5) is 9.24. The molecule has 3 N–H and O–H groups in total. The third-order valence-corrected chi connectivity index (χ3v) is 6.73. The normalized spacial score (nSPS) is 21.4. The number of nitrogens with zero attached hydrogens (tertiary/aromatic N) is 5. The molecule has 0 bridgehead atoms. The van der Waals surface area contributed by atoms with Gasteiger partial charge in [0.05, 0.1) is 29.3 Å². The summed E-state index contributed by atoms with van der Waals surface area (Å²) in [5.41, 5.74) is 4.20. The number of hydrogen-bond acceptors (Lipinski definition) is 6. The van der Waals surface area contributed by atoms with Crippen LogP contribution in [0.4, 0.5) is 5.95 Å². The first kappa shape index (κ1) is 20.5. The van der Waals surface area contributed by atoms with Gasteiger partial charge in [0, 0.05) is 48.7 Å². The molecule has 0 unspecified atom stereocenters. The molecule has 3 aromatic heterocycles. The molecule has 3 heterocycles. The van der Waals surface area contributed by atoms with Crippen LogP contribution in [-0.2, 0) is 20.0 Å². The number of halogens is 1. The molecule has 2 fully saturated rings. The molecule has 0 saturated heterocycles. The molecule has 0 spiro atoms. The molecule has 9 heteroatoms. The van der Waals surface area contributed by atoms with Crippen molar-refractivity contribution >= 4 is 17.5 Å². The summed E-state index contributed by atoms with van der Waals surface area (Å²) in [5.74, 6) is 1.42. The molecule has 8 nitrogen and oxygen atoms in total. The number of rotatable bonds is 8. The topological polar surface area (TPSA) is 96.3 Å². The Morgan fingerprint density at radius 1 is 1.10 bits per heavy atom. The van der Waals surface area contributed by atoms with Crippen molar-refractivity contribution in [1.82, 2.24) is 35.3 Å². The van der Waals surface area contributed by atoms with Gasteiger partial charge >= 0.3 is 0 Å². The average Bonchev–Trinajstić information content (AvgIpc) is 3.31. The number of aromatic nitrogens is 6. The predicted octanol–water partition coefficient (Wildman–Crippen LogP) is 3.72. The van der Waals surface area contributed by atoms with E-state index in [1.54, 1.807) is 6.20 Å². The van der Waals surface area contributed by atoms with Crippen molar-refractivity contribution in [3.05, 3.63) is 41.1 Å². The lowest BCUT2D eigenvalue weighted by molar-refractivity contribution is 0.352. The van der Waals surface area contributed by atoms with Gasteiger partial charge in [-0.3, -0.25) is 9.78 Å². The minimum Gasteiger partial charge on any atom is -0.351 e. The van der Waals surface area contributed by atoms with Gasteiger partial charge in [0.25, 0.3) is 0 Å². The van der Waals surface area contributed by atoms with Crippen molar-refractivity contribution in [2.45, 2.75) is 63.6 Å². The summed E-state index contributed by atoms with van der Waals surface area (Å²) in [5, 5.41) is 19.1. The summed E-state index contributed by atoms with van der Waals surface area (Å²) in [6, 6.07) is 0.913. The van der Waals surface area contributed by atoms with Gasteiger partial charge in [-0.25, -0.2) is 9.97 Å². The summed E-state index contributed by atoms with van der Waals surface area (Å²) < 4.78 is 1.96. The molecular weight excluding hydrogens is 412 g/mol. The molecule has 0 atom stereocenters. The van der Waals surface area contributed by atoms with E-state index < -0.39 is 0 Å². The van der Waals surface area contributed by atoms with Crippen LogP contribution in [0.2, 0.25) is 5.02 Å². The van der Waals surface area contributed by atoms with Crippen LogP contribution in [0.1, 0.15) is 49.8 Å².